The van der Waals surface area contributed by atoms with Gasteiger partial charge in [-0.15, -0.1) is 0 Å². The molecule has 0 unspecified atom stereocenters. The van der Waals surface area contributed by atoms with E-state index in [-0.39, 0.29) is 5.91 Å². The minimum Gasteiger partial charge on any atom is -0.359 e. The van der Waals surface area contributed by atoms with Crippen molar-refractivity contribution >= 4 is 22.6 Å². The van der Waals surface area contributed by atoms with Gasteiger partial charge in [0.05, 0.1) is 29.2 Å². The molecule has 3 heterocycles. The van der Waals surface area contributed by atoms with E-state index in [1.54, 1.807) is 24.8 Å². The van der Waals surface area contributed by atoms with E-state index in [9.17, 15) is 4.79 Å². The van der Waals surface area contributed by atoms with E-state index < -0.39 is 0 Å². The maximum absolute atomic E-state index is 12.3. The van der Waals surface area contributed by atoms with Gasteiger partial charge in [-0.2, -0.15) is 0 Å². The predicted octanol–water partition coefficient (Wildman–Crippen LogP) is 2.56. The Hall–Kier alpha value is -2.76. The molecule has 3 aromatic heterocycles. The van der Waals surface area contributed by atoms with Crippen LogP contribution in [0.5, 0.6) is 0 Å². The van der Waals surface area contributed by atoms with Gasteiger partial charge in [0.1, 0.15) is 11.3 Å². The lowest BCUT2D eigenvalue weighted by molar-refractivity contribution is 0.102. The highest BCUT2D eigenvalue weighted by atomic mass is 16.1. The van der Waals surface area contributed by atoms with E-state index in [2.05, 4.69) is 25.3 Å². The largest absolute Gasteiger partial charge is 0.359 e. The molecule has 1 fully saturated rings. The molecule has 1 amide bonds. The van der Waals surface area contributed by atoms with Crippen LogP contribution in [0.4, 0.5) is 5.69 Å². The molecule has 0 aliphatic heterocycles. The number of nitrogens with zero attached hydrogens (tertiary/aromatic N) is 3. The minimum absolute atomic E-state index is 0.219. The lowest BCUT2D eigenvalue weighted by atomic mass is 10.2. The van der Waals surface area contributed by atoms with Crippen LogP contribution in [0.1, 0.15) is 29.0 Å². The number of anilines is 1. The van der Waals surface area contributed by atoms with Gasteiger partial charge in [0, 0.05) is 18.8 Å². The molecule has 2 N–H and O–H groups in total. The van der Waals surface area contributed by atoms with E-state index in [4.69, 9.17) is 0 Å². The molecule has 0 atom stereocenters. The maximum atomic E-state index is 12.3. The summed E-state index contributed by atoms with van der Waals surface area (Å²) in [6, 6.07) is 3.71. The zero-order chi connectivity index (χ0) is 14.9. The molecule has 3 aromatic rings. The molecule has 6 nitrogen and oxygen atoms in total. The van der Waals surface area contributed by atoms with Gasteiger partial charge in [-0.1, -0.05) is 0 Å². The van der Waals surface area contributed by atoms with Crippen LogP contribution in [0.25, 0.3) is 11.0 Å². The average Bonchev–Trinajstić information content (AvgIpc) is 3.25. The molecular formula is C16H15N5O. The Morgan fingerprint density at radius 1 is 1.27 bits per heavy atom. The fourth-order valence-corrected chi connectivity index (χ4v) is 2.43. The number of carbonyl (C=O) groups excluding carboxylic acids is 1. The summed E-state index contributed by atoms with van der Waals surface area (Å²) in [5, 5.41) is 2.81. The highest BCUT2D eigenvalue weighted by Crippen LogP contribution is 2.31. The molecule has 22 heavy (non-hydrogen) atoms. The van der Waals surface area contributed by atoms with Crippen molar-refractivity contribution in [2.45, 2.75) is 19.3 Å². The summed E-state index contributed by atoms with van der Waals surface area (Å²) in [5.41, 5.74) is 2.60. The van der Waals surface area contributed by atoms with Crippen LogP contribution in [-0.4, -0.2) is 25.8 Å². The normalized spacial score (nSPS) is 14.2. The number of hydrogen-bond donors (Lipinski definition) is 2. The lowest BCUT2D eigenvalue weighted by Crippen LogP contribution is -2.12. The van der Waals surface area contributed by atoms with Crippen LogP contribution < -0.4 is 5.32 Å². The Balaban J connectivity index is 1.51. The van der Waals surface area contributed by atoms with Gasteiger partial charge in [0.25, 0.3) is 5.91 Å². The summed E-state index contributed by atoms with van der Waals surface area (Å²) in [7, 11) is 0. The van der Waals surface area contributed by atoms with E-state index in [1.807, 2.05) is 12.1 Å². The third-order valence-corrected chi connectivity index (χ3v) is 3.81. The molecule has 1 saturated carbocycles. The minimum atomic E-state index is -0.219. The van der Waals surface area contributed by atoms with Gasteiger partial charge in [-0.3, -0.25) is 9.78 Å². The second-order valence-electron chi connectivity index (χ2n) is 5.59. The standard InChI is InChI=1S/C16H15N5O/c22-16(12-9-18-13-2-1-5-17-15(12)13)21-11-7-19-14(20-8-11)6-10-3-4-10/h1-2,5,7-10,18H,3-4,6H2,(H,21,22). The summed E-state index contributed by atoms with van der Waals surface area (Å²) in [5.74, 6) is 1.37. The van der Waals surface area contributed by atoms with Crippen LogP contribution in [0.3, 0.4) is 0 Å². The number of aromatic nitrogens is 4. The van der Waals surface area contributed by atoms with Crippen LogP contribution >= 0.6 is 0 Å². The Morgan fingerprint density at radius 2 is 2.09 bits per heavy atom. The third kappa shape index (κ3) is 2.55. The van der Waals surface area contributed by atoms with E-state index >= 15 is 0 Å². The molecule has 110 valence electrons. The van der Waals surface area contributed by atoms with Gasteiger partial charge in [0.2, 0.25) is 0 Å². The summed E-state index contributed by atoms with van der Waals surface area (Å²) >= 11 is 0. The van der Waals surface area contributed by atoms with Gasteiger partial charge in [0.15, 0.2) is 0 Å². The molecule has 1 aliphatic carbocycles. The summed E-state index contributed by atoms with van der Waals surface area (Å²) in [4.78, 5) is 28.2. The SMILES string of the molecule is O=C(Nc1cnc(CC2CC2)nc1)c1c[nH]c2cccnc12. The maximum Gasteiger partial charge on any atom is 0.259 e. The van der Waals surface area contributed by atoms with Crippen molar-refractivity contribution in [2.75, 3.05) is 5.32 Å². The second kappa shape index (κ2) is 5.22. The summed E-state index contributed by atoms with van der Waals surface area (Å²) in [6.45, 7) is 0. The lowest BCUT2D eigenvalue weighted by Gasteiger charge is -2.04. The Kier molecular flexibility index (Phi) is 3.07. The number of amides is 1. The fourth-order valence-electron chi connectivity index (χ4n) is 2.43. The number of carbonyl (C=O) groups is 1. The topological polar surface area (TPSA) is 83.6 Å². The van der Waals surface area contributed by atoms with Crippen molar-refractivity contribution in [3.63, 3.8) is 0 Å². The van der Waals surface area contributed by atoms with Crippen LogP contribution in [0, 0.1) is 5.92 Å². The number of fused-ring (bicyclic) bond motifs is 1. The molecule has 4 rings (SSSR count). The first kappa shape index (κ1) is 12.9. The molecule has 0 bridgehead atoms. The monoisotopic (exact) mass is 293 g/mol. The first-order valence-corrected chi connectivity index (χ1v) is 7.34. The Morgan fingerprint density at radius 3 is 2.86 bits per heavy atom. The van der Waals surface area contributed by atoms with Crippen molar-refractivity contribution in [3.05, 3.63) is 48.3 Å². The highest BCUT2D eigenvalue weighted by molar-refractivity contribution is 6.11. The summed E-state index contributed by atoms with van der Waals surface area (Å²) < 4.78 is 0. The van der Waals surface area contributed by atoms with Gasteiger partial charge in [-0.05, 0) is 30.9 Å². The van der Waals surface area contributed by atoms with Crippen molar-refractivity contribution in [2.24, 2.45) is 5.92 Å². The molecule has 0 saturated heterocycles. The molecule has 0 spiro atoms. The fraction of sp³-hybridized carbons (Fsp3) is 0.250. The van der Waals surface area contributed by atoms with Crippen molar-refractivity contribution in [1.29, 1.82) is 0 Å². The zero-order valence-corrected chi connectivity index (χ0v) is 11.9. The first-order valence-electron chi connectivity index (χ1n) is 7.34. The van der Waals surface area contributed by atoms with Gasteiger partial charge in [-0.25, -0.2) is 9.97 Å². The molecule has 6 heteroatoms. The number of rotatable bonds is 4. The molecular weight excluding hydrogens is 278 g/mol. The van der Waals surface area contributed by atoms with Crippen molar-refractivity contribution in [1.82, 2.24) is 19.9 Å². The quantitative estimate of drug-likeness (QED) is 0.774. The number of H-pyrrole nitrogens is 1. The molecule has 0 radical (unpaired) electrons. The zero-order valence-electron chi connectivity index (χ0n) is 11.9. The van der Waals surface area contributed by atoms with Crippen LogP contribution in [-0.2, 0) is 6.42 Å². The average molecular weight is 293 g/mol. The van der Waals surface area contributed by atoms with Gasteiger partial charge >= 0.3 is 0 Å². The summed E-state index contributed by atoms with van der Waals surface area (Å²) in [6.07, 6.45) is 10.1. The van der Waals surface area contributed by atoms with E-state index in [0.717, 1.165) is 23.7 Å². The predicted molar refractivity (Wildman–Crippen MR) is 82.5 cm³/mol. The highest BCUT2D eigenvalue weighted by Gasteiger charge is 2.22. The Labute approximate surface area is 127 Å². The second-order valence-corrected chi connectivity index (χ2v) is 5.59. The number of nitrogens with one attached hydrogen (secondary N) is 2. The van der Waals surface area contributed by atoms with Crippen LogP contribution in [0.2, 0.25) is 0 Å². The smallest absolute Gasteiger partial charge is 0.259 e. The number of pyridine rings is 1. The van der Waals surface area contributed by atoms with Crippen LogP contribution in [0.15, 0.2) is 36.9 Å². The first-order chi connectivity index (χ1) is 10.8. The van der Waals surface area contributed by atoms with Gasteiger partial charge < -0.3 is 10.3 Å². The number of hydrogen-bond acceptors (Lipinski definition) is 4. The van der Waals surface area contributed by atoms with E-state index in [1.165, 1.54) is 12.8 Å². The molecule has 1 aliphatic rings. The van der Waals surface area contributed by atoms with Crippen molar-refractivity contribution < 1.29 is 4.79 Å². The molecule has 0 aromatic carbocycles. The number of aromatic amines is 1. The van der Waals surface area contributed by atoms with E-state index in [0.29, 0.717) is 16.8 Å². The van der Waals surface area contributed by atoms with Crippen molar-refractivity contribution in [3.8, 4) is 0 Å². The Bertz CT molecular complexity index is 820. The third-order valence-electron chi connectivity index (χ3n) is 3.81.